The number of thioether (sulfide) groups is 2. The fraction of sp³-hybridized carbons (Fsp3) is 0.364. The first-order valence-electron chi connectivity index (χ1n) is 4.98. The number of aliphatic imine (C=N–C) groups is 1. The minimum atomic E-state index is -0.312. The third-order valence-electron chi connectivity index (χ3n) is 1.80. The summed E-state index contributed by atoms with van der Waals surface area (Å²) in [4.78, 5) is 15.2. The van der Waals surface area contributed by atoms with E-state index >= 15 is 0 Å². The molecule has 0 atom stereocenters. The number of rotatable bonds is 3. The highest BCUT2D eigenvalue weighted by molar-refractivity contribution is 8.35. The van der Waals surface area contributed by atoms with Crippen molar-refractivity contribution >= 4 is 33.8 Å². The number of unbranched alkanes of at least 4 members (excludes halogenated alkanes) is 1. The molecule has 1 aliphatic rings. The number of hydrogen-bond acceptors (Lipinski definition) is 5. The Kier molecular flexibility index (Phi) is 5.59. The van der Waals surface area contributed by atoms with E-state index in [4.69, 9.17) is 10.5 Å². The van der Waals surface area contributed by atoms with Crippen LogP contribution in [0.2, 0.25) is 0 Å². The van der Waals surface area contributed by atoms with Crippen molar-refractivity contribution in [2.75, 3.05) is 0 Å². The number of nitriles is 2. The molecule has 0 aromatic rings. The molecule has 1 rings (SSSR count). The lowest BCUT2D eigenvalue weighted by Gasteiger charge is -2.10. The van der Waals surface area contributed by atoms with Crippen molar-refractivity contribution in [2.24, 2.45) is 4.99 Å². The van der Waals surface area contributed by atoms with Gasteiger partial charge in [-0.05, 0) is 24.6 Å². The van der Waals surface area contributed by atoms with Crippen molar-refractivity contribution in [3.8, 4) is 12.1 Å². The van der Waals surface area contributed by atoms with E-state index in [1.165, 1.54) is 11.8 Å². The van der Waals surface area contributed by atoms with Crippen molar-refractivity contribution < 1.29 is 4.79 Å². The quantitative estimate of drug-likeness (QED) is 0.574. The van der Waals surface area contributed by atoms with Gasteiger partial charge in [-0.15, -0.1) is 0 Å². The molecule has 0 spiro atoms. The molecule has 17 heavy (non-hydrogen) atoms. The van der Waals surface area contributed by atoms with Crippen molar-refractivity contribution in [3.05, 3.63) is 15.5 Å². The Morgan fingerprint density at radius 1 is 1.35 bits per heavy atom. The summed E-state index contributed by atoms with van der Waals surface area (Å²) in [7, 11) is 0. The van der Waals surface area contributed by atoms with Gasteiger partial charge in [-0.25, -0.2) is 4.99 Å². The highest BCUT2D eigenvalue weighted by Gasteiger charge is 2.17. The molecule has 0 aromatic carbocycles. The van der Waals surface area contributed by atoms with Crippen LogP contribution in [0.25, 0.3) is 0 Å². The first-order valence-corrected chi connectivity index (χ1v) is 6.61. The van der Waals surface area contributed by atoms with Crippen LogP contribution in [0, 0.1) is 22.7 Å². The number of amides is 1. The van der Waals surface area contributed by atoms with Crippen LogP contribution in [0.4, 0.5) is 4.79 Å². The highest BCUT2D eigenvalue weighted by Crippen LogP contribution is 2.36. The molecule has 0 saturated carbocycles. The van der Waals surface area contributed by atoms with Gasteiger partial charge in [0.25, 0.3) is 0 Å². The van der Waals surface area contributed by atoms with Crippen LogP contribution in [0.3, 0.4) is 0 Å². The van der Waals surface area contributed by atoms with E-state index in [1.807, 2.05) is 0 Å². The van der Waals surface area contributed by atoms with E-state index in [1.54, 1.807) is 12.1 Å². The average molecular weight is 263 g/mol. The third kappa shape index (κ3) is 4.50. The Bertz CT molecular complexity index is 486. The second-order valence-electron chi connectivity index (χ2n) is 3.09. The van der Waals surface area contributed by atoms with E-state index < -0.39 is 0 Å². The lowest BCUT2D eigenvalue weighted by Crippen LogP contribution is -2.01. The van der Waals surface area contributed by atoms with Gasteiger partial charge in [0.15, 0.2) is 5.57 Å². The molecule has 0 aliphatic carbocycles. The minimum absolute atomic E-state index is 0.121. The summed E-state index contributed by atoms with van der Waals surface area (Å²) < 4.78 is 0.522. The Morgan fingerprint density at radius 2 is 2.06 bits per heavy atom. The van der Waals surface area contributed by atoms with Crippen LogP contribution in [-0.4, -0.2) is 10.3 Å². The molecule has 0 N–H and O–H groups in total. The lowest BCUT2D eigenvalue weighted by atomic mass is 10.3. The van der Waals surface area contributed by atoms with Gasteiger partial charge >= 0.3 is 5.24 Å². The molecule has 0 saturated heterocycles. The van der Waals surface area contributed by atoms with E-state index in [2.05, 4.69) is 17.6 Å². The Hall–Kier alpha value is -1.46. The molecule has 0 bridgehead atoms. The van der Waals surface area contributed by atoms with Gasteiger partial charge < -0.3 is 0 Å². The lowest BCUT2D eigenvalue weighted by molar-refractivity contribution is 0.267. The van der Waals surface area contributed by atoms with Crippen molar-refractivity contribution in [2.45, 2.75) is 26.2 Å². The van der Waals surface area contributed by atoms with E-state index in [0.717, 1.165) is 36.1 Å². The smallest absolute Gasteiger partial charge is 0.259 e. The van der Waals surface area contributed by atoms with Gasteiger partial charge in [0, 0.05) is 0 Å². The fourth-order valence-corrected chi connectivity index (χ4v) is 2.96. The molecule has 0 radical (unpaired) electrons. The van der Waals surface area contributed by atoms with Crippen LogP contribution in [0.1, 0.15) is 26.2 Å². The predicted molar refractivity (Wildman–Crippen MR) is 69.3 cm³/mol. The molecular weight excluding hydrogens is 254 g/mol. The Labute approximate surface area is 108 Å². The van der Waals surface area contributed by atoms with Crippen molar-refractivity contribution in [3.63, 3.8) is 0 Å². The predicted octanol–water partition coefficient (Wildman–Crippen LogP) is 3.59. The maximum absolute atomic E-state index is 11.3. The summed E-state index contributed by atoms with van der Waals surface area (Å²) in [5.74, 6) is 0. The van der Waals surface area contributed by atoms with Crippen LogP contribution < -0.4 is 0 Å². The van der Waals surface area contributed by atoms with Crippen molar-refractivity contribution in [1.82, 2.24) is 0 Å². The molecule has 0 fully saturated rings. The normalized spacial score (nSPS) is 14.4. The van der Waals surface area contributed by atoms with Crippen molar-refractivity contribution in [1.29, 1.82) is 10.5 Å². The number of carbonyl (C=O) groups excluding carboxylic acids is 1. The summed E-state index contributed by atoms with van der Waals surface area (Å²) in [6.07, 6.45) is 2.73. The maximum atomic E-state index is 11.3. The number of allylic oxidation sites excluding steroid dienone is 1. The zero-order chi connectivity index (χ0) is 12.7. The van der Waals surface area contributed by atoms with Crippen LogP contribution in [0.15, 0.2) is 20.5 Å². The highest BCUT2D eigenvalue weighted by atomic mass is 32.2. The molecule has 1 amide bonds. The third-order valence-corrected chi connectivity index (χ3v) is 3.67. The van der Waals surface area contributed by atoms with Crippen LogP contribution in [-0.2, 0) is 0 Å². The molecule has 86 valence electrons. The summed E-state index contributed by atoms with van der Waals surface area (Å²) >= 11 is 2.21. The standard InChI is InChI=1S/C11H9N3OS2/c1-2-3-4-9-14-11(15)17-10(16-9)5-8(6-12)7-13/h2-4H2,1H3. The largest absolute Gasteiger partial charge is 0.311 e. The zero-order valence-corrected chi connectivity index (χ0v) is 10.8. The summed E-state index contributed by atoms with van der Waals surface area (Å²) in [5.41, 5.74) is 2.51. The van der Waals surface area contributed by atoms with Gasteiger partial charge in [-0.1, -0.05) is 30.8 Å². The first-order chi connectivity index (χ1) is 8.19. The first kappa shape index (κ1) is 13.6. The molecule has 1 heterocycles. The summed E-state index contributed by atoms with van der Waals surface area (Å²) in [6, 6.07) is 3.44. The second kappa shape index (κ2) is 6.98. The minimum Gasteiger partial charge on any atom is -0.259 e. The SMILES string of the molecule is CCCCC1=NC(=O)SC(=C=C(C#N)C#N)S1. The van der Waals surface area contributed by atoms with Gasteiger partial charge in [-0.2, -0.15) is 10.5 Å². The molecule has 0 aromatic heterocycles. The Morgan fingerprint density at radius 3 is 2.65 bits per heavy atom. The number of carbonyl (C=O) groups is 1. The number of nitrogens with zero attached hydrogens (tertiary/aromatic N) is 3. The molecular formula is C11H9N3OS2. The van der Waals surface area contributed by atoms with Crippen LogP contribution in [0.5, 0.6) is 0 Å². The number of hydrogen-bond donors (Lipinski definition) is 0. The van der Waals surface area contributed by atoms with E-state index in [0.29, 0.717) is 4.24 Å². The van der Waals surface area contributed by atoms with Gasteiger partial charge in [0.05, 0.1) is 5.04 Å². The topological polar surface area (TPSA) is 77.0 Å². The maximum Gasteiger partial charge on any atom is 0.311 e. The average Bonchev–Trinajstić information content (AvgIpc) is 2.32. The van der Waals surface area contributed by atoms with E-state index in [-0.39, 0.29) is 10.8 Å². The zero-order valence-electron chi connectivity index (χ0n) is 9.19. The van der Waals surface area contributed by atoms with Gasteiger partial charge in [0.2, 0.25) is 0 Å². The Balaban J connectivity index is 2.93. The molecule has 6 heteroatoms. The monoisotopic (exact) mass is 263 g/mol. The van der Waals surface area contributed by atoms with E-state index in [9.17, 15) is 4.79 Å². The fourth-order valence-electron chi connectivity index (χ4n) is 1.02. The van der Waals surface area contributed by atoms with Gasteiger partial charge in [0.1, 0.15) is 16.4 Å². The molecule has 0 unspecified atom stereocenters. The van der Waals surface area contributed by atoms with Gasteiger partial charge in [-0.3, -0.25) is 4.79 Å². The summed E-state index contributed by atoms with van der Waals surface area (Å²) in [6.45, 7) is 2.06. The summed E-state index contributed by atoms with van der Waals surface area (Å²) in [5, 5.41) is 17.6. The molecule has 1 aliphatic heterocycles. The van der Waals surface area contributed by atoms with Crippen LogP contribution >= 0.6 is 23.5 Å². The molecule has 4 nitrogen and oxygen atoms in total. The second-order valence-corrected chi connectivity index (χ2v) is 5.39.